The van der Waals surface area contributed by atoms with Crippen molar-refractivity contribution in [2.75, 3.05) is 11.4 Å². The molecule has 1 aromatic carbocycles. The molecule has 0 saturated carbocycles. The minimum Gasteiger partial charge on any atom is -0.366 e. The third-order valence-electron chi connectivity index (χ3n) is 2.91. The largest absolute Gasteiger partial charge is 0.366 e. The normalized spacial score (nSPS) is 14.9. The van der Waals surface area contributed by atoms with Gasteiger partial charge in [-0.2, -0.15) is 5.26 Å². The number of hydrogen-bond acceptors (Lipinski definition) is 2. The Kier molecular flexibility index (Phi) is 2.19. The topological polar surface area (TPSA) is 27.0 Å². The average molecular weight is 200 g/mol. The highest BCUT2D eigenvalue weighted by Crippen LogP contribution is 2.33. The highest BCUT2D eigenvalue weighted by molar-refractivity contribution is 5.61. The van der Waals surface area contributed by atoms with Crippen LogP contribution in [0.5, 0.6) is 0 Å². The van der Waals surface area contributed by atoms with Crippen molar-refractivity contribution >= 4 is 5.69 Å². The molecule has 0 fully saturated rings. The zero-order valence-electron chi connectivity index (χ0n) is 9.54. The predicted molar refractivity (Wildman–Crippen MR) is 62.0 cm³/mol. The summed E-state index contributed by atoms with van der Waals surface area (Å²) in [6, 6.07) is 8.19. The second kappa shape index (κ2) is 3.27. The van der Waals surface area contributed by atoms with Crippen molar-refractivity contribution in [3.8, 4) is 6.07 Å². The Hall–Kier alpha value is -1.49. The third-order valence-corrected chi connectivity index (χ3v) is 2.91. The number of nitriles is 1. The number of nitrogens with zero attached hydrogens (tertiary/aromatic N) is 2. The summed E-state index contributed by atoms with van der Waals surface area (Å²) in [6.45, 7) is 7.73. The van der Waals surface area contributed by atoms with E-state index in [2.05, 4.69) is 37.8 Å². The smallest absolute Gasteiger partial charge is 0.0991 e. The molecular formula is C13H16N2. The molecule has 0 amide bonds. The summed E-state index contributed by atoms with van der Waals surface area (Å²) < 4.78 is 0. The lowest BCUT2D eigenvalue weighted by Gasteiger charge is -2.34. The third kappa shape index (κ3) is 1.70. The fourth-order valence-electron chi connectivity index (χ4n) is 2.17. The Morgan fingerprint density at radius 3 is 2.67 bits per heavy atom. The number of fused-ring (bicyclic) bond motifs is 1. The SMILES string of the molecule is CC(C)(C)N1CCc2cc(C#N)ccc21. The first kappa shape index (κ1) is 10.0. The molecule has 0 saturated heterocycles. The van der Waals surface area contributed by atoms with E-state index in [9.17, 15) is 0 Å². The zero-order chi connectivity index (χ0) is 11.1. The second-order valence-electron chi connectivity index (χ2n) is 5.03. The molecule has 2 heteroatoms. The molecule has 1 heterocycles. The molecule has 2 nitrogen and oxygen atoms in total. The first-order valence-electron chi connectivity index (χ1n) is 5.33. The van der Waals surface area contributed by atoms with Crippen LogP contribution in [0, 0.1) is 11.3 Å². The highest BCUT2D eigenvalue weighted by Gasteiger charge is 2.28. The lowest BCUT2D eigenvalue weighted by Crippen LogP contribution is -2.40. The fourth-order valence-corrected chi connectivity index (χ4v) is 2.17. The Morgan fingerprint density at radius 2 is 2.07 bits per heavy atom. The molecule has 0 N–H and O–H groups in total. The molecular weight excluding hydrogens is 184 g/mol. The van der Waals surface area contributed by atoms with Gasteiger partial charge in [0.2, 0.25) is 0 Å². The van der Waals surface area contributed by atoms with E-state index >= 15 is 0 Å². The highest BCUT2D eigenvalue weighted by atomic mass is 15.2. The molecule has 0 spiro atoms. The molecule has 0 unspecified atom stereocenters. The summed E-state index contributed by atoms with van der Waals surface area (Å²) in [7, 11) is 0. The van der Waals surface area contributed by atoms with Crippen molar-refractivity contribution in [3.63, 3.8) is 0 Å². The molecule has 0 atom stereocenters. The van der Waals surface area contributed by atoms with Gasteiger partial charge in [0.1, 0.15) is 0 Å². The maximum Gasteiger partial charge on any atom is 0.0991 e. The van der Waals surface area contributed by atoms with Crippen LogP contribution < -0.4 is 4.90 Å². The van der Waals surface area contributed by atoms with E-state index in [1.807, 2.05) is 12.1 Å². The quantitative estimate of drug-likeness (QED) is 0.644. The Balaban J connectivity index is 2.42. The van der Waals surface area contributed by atoms with Gasteiger partial charge in [-0.1, -0.05) is 0 Å². The van der Waals surface area contributed by atoms with Gasteiger partial charge in [-0.05, 0) is 51.0 Å². The Bertz CT molecular complexity index is 421. The maximum absolute atomic E-state index is 8.83. The van der Waals surface area contributed by atoms with Crippen molar-refractivity contribution in [1.82, 2.24) is 0 Å². The molecule has 1 aromatic rings. The number of anilines is 1. The van der Waals surface area contributed by atoms with Crippen LogP contribution in [0.2, 0.25) is 0 Å². The zero-order valence-corrected chi connectivity index (χ0v) is 9.54. The van der Waals surface area contributed by atoms with Crippen molar-refractivity contribution < 1.29 is 0 Å². The van der Waals surface area contributed by atoms with E-state index in [1.165, 1.54) is 11.3 Å². The standard InChI is InChI=1S/C13H16N2/c1-13(2,3)15-7-6-11-8-10(9-14)4-5-12(11)15/h4-5,8H,6-7H2,1-3H3. The molecule has 2 rings (SSSR count). The summed E-state index contributed by atoms with van der Waals surface area (Å²) in [5.41, 5.74) is 3.54. The molecule has 0 aromatic heterocycles. The van der Waals surface area contributed by atoms with Crippen molar-refractivity contribution in [1.29, 1.82) is 5.26 Å². The monoisotopic (exact) mass is 200 g/mol. The van der Waals surface area contributed by atoms with Gasteiger partial charge in [0.05, 0.1) is 11.6 Å². The van der Waals surface area contributed by atoms with E-state index in [-0.39, 0.29) is 5.54 Å². The Morgan fingerprint density at radius 1 is 1.33 bits per heavy atom. The van der Waals surface area contributed by atoms with Gasteiger partial charge < -0.3 is 4.90 Å². The van der Waals surface area contributed by atoms with Crippen LogP contribution in [0.15, 0.2) is 18.2 Å². The van der Waals surface area contributed by atoms with E-state index < -0.39 is 0 Å². The van der Waals surface area contributed by atoms with E-state index in [0.717, 1.165) is 18.5 Å². The van der Waals surface area contributed by atoms with Crippen molar-refractivity contribution in [2.45, 2.75) is 32.7 Å². The van der Waals surface area contributed by atoms with Crippen LogP contribution in [0.25, 0.3) is 0 Å². The lowest BCUT2D eigenvalue weighted by atomic mass is 10.1. The van der Waals surface area contributed by atoms with Crippen molar-refractivity contribution in [3.05, 3.63) is 29.3 Å². The van der Waals surface area contributed by atoms with Crippen LogP contribution in [0.3, 0.4) is 0 Å². The lowest BCUT2D eigenvalue weighted by molar-refractivity contribution is 0.518. The summed E-state index contributed by atoms with van der Waals surface area (Å²) in [6.07, 6.45) is 1.06. The van der Waals surface area contributed by atoms with Crippen LogP contribution in [-0.2, 0) is 6.42 Å². The number of rotatable bonds is 0. The van der Waals surface area contributed by atoms with Crippen LogP contribution in [0.1, 0.15) is 31.9 Å². The first-order chi connectivity index (χ1) is 7.02. The number of benzene rings is 1. The van der Waals surface area contributed by atoms with Crippen molar-refractivity contribution in [2.24, 2.45) is 0 Å². The van der Waals surface area contributed by atoms with Gasteiger partial charge in [-0.15, -0.1) is 0 Å². The molecule has 0 bridgehead atoms. The van der Waals surface area contributed by atoms with E-state index in [0.29, 0.717) is 0 Å². The maximum atomic E-state index is 8.83. The minimum atomic E-state index is 0.166. The number of hydrogen-bond donors (Lipinski definition) is 0. The molecule has 0 radical (unpaired) electrons. The molecule has 1 aliphatic heterocycles. The van der Waals surface area contributed by atoms with Gasteiger partial charge in [-0.3, -0.25) is 0 Å². The summed E-state index contributed by atoms with van der Waals surface area (Å²) in [5, 5.41) is 8.83. The summed E-state index contributed by atoms with van der Waals surface area (Å²) in [4.78, 5) is 2.41. The minimum absolute atomic E-state index is 0.166. The van der Waals surface area contributed by atoms with Crippen LogP contribution in [0.4, 0.5) is 5.69 Å². The molecule has 78 valence electrons. The van der Waals surface area contributed by atoms with E-state index in [1.54, 1.807) is 0 Å². The fraction of sp³-hybridized carbons (Fsp3) is 0.462. The first-order valence-corrected chi connectivity index (χ1v) is 5.33. The molecule has 0 aliphatic carbocycles. The van der Waals surface area contributed by atoms with Gasteiger partial charge in [0.25, 0.3) is 0 Å². The van der Waals surface area contributed by atoms with Crippen LogP contribution >= 0.6 is 0 Å². The average Bonchev–Trinajstić information content (AvgIpc) is 2.59. The molecule has 15 heavy (non-hydrogen) atoms. The molecule has 1 aliphatic rings. The summed E-state index contributed by atoms with van der Waals surface area (Å²) >= 11 is 0. The van der Waals surface area contributed by atoms with Crippen LogP contribution in [-0.4, -0.2) is 12.1 Å². The van der Waals surface area contributed by atoms with Gasteiger partial charge in [0, 0.05) is 17.8 Å². The Labute approximate surface area is 91.1 Å². The predicted octanol–water partition coefficient (Wildman–Crippen LogP) is 2.72. The van der Waals surface area contributed by atoms with Gasteiger partial charge in [-0.25, -0.2) is 0 Å². The second-order valence-corrected chi connectivity index (χ2v) is 5.03. The van der Waals surface area contributed by atoms with Gasteiger partial charge >= 0.3 is 0 Å². The summed E-state index contributed by atoms with van der Waals surface area (Å²) in [5.74, 6) is 0. The van der Waals surface area contributed by atoms with Gasteiger partial charge in [0.15, 0.2) is 0 Å². The van der Waals surface area contributed by atoms with E-state index in [4.69, 9.17) is 5.26 Å².